The number of ether oxygens (including phenoxy) is 1. The highest BCUT2D eigenvalue weighted by Gasteiger charge is 2.31. The first kappa shape index (κ1) is 20.1. The van der Waals surface area contributed by atoms with Crippen molar-refractivity contribution in [1.82, 2.24) is 0 Å². The number of carbonyl (C=O) groups is 1. The first-order chi connectivity index (χ1) is 13.2. The second-order valence-corrected chi connectivity index (χ2v) is 8.45. The topological polar surface area (TPSA) is 26.3 Å². The summed E-state index contributed by atoms with van der Waals surface area (Å²) in [7, 11) is 0. The summed E-state index contributed by atoms with van der Waals surface area (Å²) in [6.07, 6.45) is 15.7. The van der Waals surface area contributed by atoms with Crippen molar-refractivity contribution >= 4 is 5.97 Å². The van der Waals surface area contributed by atoms with Crippen LogP contribution in [-0.2, 0) is 4.74 Å². The van der Waals surface area contributed by atoms with Crippen LogP contribution in [0.4, 0.5) is 4.39 Å². The maximum absolute atomic E-state index is 13.0. The second kappa shape index (κ2) is 10.1. The lowest BCUT2D eigenvalue weighted by Crippen LogP contribution is -2.29. The number of halogens is 1. The number of esters is 1. The van der Waals surface area contributed by atoms with Crippen molar-refractivity contribution in [2.45, 2.75) is 76.7 Å². The molecule has 3 rings (SSSR count). The molecule has 2 saturated carbocycles. The van der Waals surface area contributed by atoms with Gasteiger partial charge in [0.15, 0.2) is 0 Å². The van der Waals surface area contributed by atoms with Crippen LogP contribution in [0.15, 0.2) is 36.9 Å². The fourth-order valence-electron chi connectivity index (χ4n) is 4.98. The maximum atomic E-state index is 13.0. The Morgan fingerprint density at radius 2 is 1.59 bits per heavy atom. The highest BCUT2D eigenvalue weighted by atomic mass is 19.1. The third-order valence-electron chi connectivity index (χ3n) is 6.65. The fourth-order valence-corrected chi connectivity index (χ4v) is 4.98. The molecule has 0 aliphatic heterocycles. The minimum Gasteiger partial charge on any atom is -0.459 e. The molecule has 0 atom stereocenters. The number of allylic oxidation sites excluding steroid dienone is 1. The van der Waals surface area contributed by atoms with E-state index in [1.165, 1.54) is 75.6 Å². The summed E-state index contributed by atoms with van der Waals surface area (Å²) in [5.74, 6) is 1.95. The predicted molar refractivity (Wildman–Crippen MR) is 107 cm³/mol. The van der Waals surface area contributed by atoms with Crippen molar-refractivity contribution in [3.05, 3.63) is 48.3 Å². The number of unbranched alkanes of at least 4 members (excludes halogenated alkanes) is 1. The lowest BCUT2D eigenvalue weighted by atomic mass is 9.70. The van der Waals surface area contributed by atoms with E-state index in [1.807, 2.05) is 6.08 Å². The largest absolute Gasteiger partial charge is 0.459 e. The summed E-state index contributed by atoms with van der Waals surface area (Å²) in [4.78, 5) is 12.2. The molecular weight excluding hydrogens is 339 g/mol. The van der Waals surface area contributed by atoms with E-state index in [9.17, 15) is 9.18 Å². The molecule has 148 valence electrons. The highest BCUT2D eigenvalue weighted by Crippen LogP contribution is 2.41. The molecule has 0 amide bonds. The predicted octanol–water partition coefficient (Wildman–Crippen LogP) is 6.70. The highest BCUT2D eigenvalue weighted by molar-refractivity contribution is 5.89. The number of hydrogen-bond acceptors (Lipinski definition) is 2. The van der Waals surface area contributed by atoms with Crippen molar-refractivity contribution in [2.75, 3.05) is 0 Å². The van der Waals surface area contributed by atoms with Crippen molar-refractivity contribution in [2.24, 2.45) is 17.8 Å². The van der Waals surface area contributed by atoms with Crippen molar-refractivity contribution in [1.29, 1.82) is 0 Å². The van der Waals surface area contributed by atoms with Crippen LogP contribution in [0.2, 0.25) is 0 Å². The van der Waals surface area contributed by atoms with E-state index < -0.39 is 0 Å². The van der Waals surface area contributed by atoms with Crippen molar-refractivity contribution in [3.8, 4) is 0 Å². The molecule has 1 aromatic rings. The number of rotatable bonds is 7. The Kier molecular flexibility index (Phi) is 7.49. The molecule has 2 nitrogen and oxygen atoms in total. The zero-order valence-electron chi connectivity index (χ0n) is 16.4. The van der Waals surface area contributed by atoms with Gasteiger partial charge in [0, 0.05) is 0 Å². The van der Waals surface area contributed by atoms with Crippen LogP contribution in [0.5, 0.6) is 0 Å². The summed E-state index contributed by atoms with van der Waals surface area (Å²) < 4.78 is 18.6. The van der Waals surface area contributed by atoms with Gasteiger partial charge in [-0.1, -0.05) is 25.3 Å². The first-order valence-electron chi connectivity index (χ1n) is 10.7. The van der Waals surface area contributed by atoms with Gasteiger partial charge in [-0.3, -0.25) is 0 Å². The molecule has 0 radical (unpaired) electrons. The van der Waals surface area contributed by atoms with E-state index in [4.69, 9.17) is 4.74 Å². The van der Waals surface area contributed by atoms with Crippen molar-refractivity contribution in [3.63, 3.8) is 0 Å². The van der Waals surface area contributed by atoms with E-state index in [1.54, 1.807) is 0 Å². The van der Waals surface area contributed by atoms with E-state index in [-0.39, 0.29) is 17.9 Å². The van der Waals surface area contributed by atoms with Gasteiger partial charge in [0.2, 0.25) is 0 Å². The van der Waals surface area contributed by atoms with Gasteiger partial charge in [0.05, 0.1) is 5.56 Å². The van der Waals surface area contributed by atoms with Crippen molar-refractivity contribution < 1.29 is 13.9 Å². The molecule has 0 heterocycles. The van der Waals surface area contributed by atoms with Crippen LogP contribution in [0.3, 0.4) is 0 Å². The van der Waals surface area contributed by atoms with Gasteiger partial charge >= 0.3 is 5.97 Å². The van der Waals surface area contributed by atoms with Gasteiger partial charge in [-0.15, -0.1) is 6.58 Å². The van der Waals surface area contributed by atoms with Gasteiger partial charge in [-0.05, 0) is 93.4 Å². The summed E-state index contributed by atoms with van der Waals surface area (Å²) in [6, 6.07) is 5.61. The van der Waals surface area contributed by atoms with Gasteiger partial charge in [-0.2, -0.15) is 0 Å². The molecule has 0 unspecified atom stereocenters. The quantitative estimate of drug-likeness (QED) is 0.302. The Morgan fingerprint density at radius 3 is 2.19 bits per heavy atom. The molecule has 27 heavy (non-hydrogen) atoms. The second-order valence-electron chi connectivity index (χ2n) is 8.45. The van der Waals surface area contributed by atoms with Crippen LogP contribution < -0.4 is 0 Å². The smallest absolute Gasteiger partial charge is 0.338 e. The van der Waals surface area contributed by atoms with Crippen LogP contribution in [0, 0.1) is 23.6 Å². The van der Waals surface area contributed by atoms with Crippen LogP contribution in [0.25, 0.3) is 0 Å². The molecule has 0 bridgehead atoms. The standard InChI is InChI=1S/C24H33FO2/c1-2-3-4-5-18-6-8-19(9-7-18)20-12-16-23(17-13-20)27-24(26)21-10-14-22(25)15-11-21/h2,10-11,14-15,18-20,23H,1,3-9,12-13,16-17H2/t18-,19-,20-,23-. The average molecular weight is 373 g/mol. The Balaban J connectivity index is 1.37. The zero-order chi connectivity index (χ0) is 19.1. The van der Waals surface area contributed by atoms with Gasteiger partial charge in [0.25, 0.3) is 0 Å². The number of hydrogen-bond donors (Lipinski definition) is 0. The minimum atomic E-state index is -0.331. The fraction of sp³-hybridized carbons (Fsp3) is 0.625. The van der Waals surface area contributed by atoms with Gasteiger partial charge in [-0.25, -0.2) is 9.18 Å². The third kappa shape index (κ3) is 5.92. The molecule has 1 aromatic carbocycles. The van der Waals surface area contributed by atoms with Crippen LogP contribution >= 0.6 is 0 Å². The van der Waals surface area contributed by atoms with E-state index >= 15 is 0 Å². The summed E-state index contributed by atoms with van der Waals surface area (Å²) in [5, 5.41) is 0. The molecule has 2 aliphatic carbocycles. The minimum absolute atomic E-state index is 0.0223. The molecule has 0 N–H and O–H groups in total. The lowest BCUT2D eigenvalue weighted by Gasteiger charge is -2.37. The Bertz CT molecular complexity index is 593. The van der Waals surface area contributed by atoms with E-state index in [0.29, 0.717) is 5.56 Å². The number of benzene rings is 1. The molecule has 0 spiro atoms. The van der Waals surface area contributed by atoms with Crippen LogP contribution in [0.1, 0.15) is 81.0 Å². The first-order valence-corrected chi connectivity index (χ1v) is 10.7. The third-order valence-corrected chi connectivity index (χ3v) is 6.65. The summed E-state index contributed by atoms with van der Waals surface area (Å²) in [5.41, 5.74) is 0.438. The molecule has 0 saturated heterocycles. The zero-order valence-corrected chi connectivity index (χ0v) is 16.4. The Hall–Kier alpha value is -1.64. The van der Waals surface area contributed by atoms with Gasteiger partial charge < -0.3 is 4.74 Å². The van der Waals surface area contributed by atoms with Gasteiger partial charge in [0.1, 0.15) is 11.9 Å². The Labute approximate surface area is 163 Å². The van der Waals surface area contributed by atoms with E-state index in [0.717, 1.165) is 37.0 Å². The number of carbonyl (C=O) groups excluding carboxylic acids is 1. The van der Waals surface area contributed by atoms with Crippen LogP contribution in [-0.4, -0.2) is 12.1 Å². The Morgan fingerprint density at radius 1 is 1.00 bits per heavy atom. The molecule has 0 aromatic heterocycles. The molecule has 2 aliphatic rings. The summed E-state index contributed by atoms with van der Waals surface area (Å²) in [6.45, 7) is 3.81. The SMILES string of the molecule is C=CCCC[C@H]1CC[C@H]([C@H]2CC[C@H](OC(=O)c3ccc(F)cc3)CC2)CC1. The normalized spacial score (nSPS) is 28.5. The average Bonchev–Trinajstić information content (AvgIpc) is 2.70. The molecule has 3 heteroatoms. The van der Waals surface area contributed by atoms with E-state index in [2.05, 4.69) is 6.58 Å². The summed E-state index contributed by atoms with van der Waals surface area (Å²) >= 11 is 0. The monoisotopic (exact) mass is 372 g/mol. The molecular formula is C24H33FO2. The lowest BCUT2D eigenvalue weighted by molar-refractivity contribution is 0.0109. The maximum Gasteiger partial charge on any atom is 0.338 e. The molecule has 2 fully saturated rings.